The molecular weight excluding hydrogens is 374 g/mol. The summed E-state index contributed by atoms with van der Waals surface area (Å²) in [7, 11) is -3.07. The van der Waals surface area contributed by atoms with Gasteiger partial charge >= 0.3 is 0 Å². The standard InChI is InChI=1S/C18H28ClN3O3S/c1-4-20-17(22-9-11-26(23,24)18(2,3)14-22)21-8-10-25-13-15-6-5-7-16(19)12-15/h5-7,12H,4,8-11,13-14H2,1-3H3,(H,20,21). The number of halogens is 1. The van der Waals surface area contributed by atoms with Gasteiger partial charge in [-0.2, -0.15) is 0 Å². The van der Waals surface area contributed by atoms with Crippen molar-refractivity contribution in [3.05, 3.63) is 34.9 Å². The Bertz CT molecular complexity index is 735. The van der Waals surface area contributed by atoms with E-state index < -0.39 is 14.6 Å². The van der Waals surface area contributed by atoms with Crippen LogP contribution in [0.4, 0.5) is 0 Å². The molecule has 0 atom stereocenters. The molecule has 1 aromatic carbocycles. The van der Waals surface area contributed by atoms with E-state index in [9.17, 15) is 8.42 Å². The van der Waals surface area contributed by atoms with Gasteiger partial charge in [-0.1, -0.05) is 23.7 Å². The number of sulfone groups is 1. The second-order valence-corrected chi connectivity index (χ2v) is 10.1. The molecule has 0 saturated carbocycles. The van der Waals surface area contributed by atoms with E-state index in [-0.39, 0.29) is 5.75 Å². The van der Waals surface area contributed by atoms with Crippen LogP contribution in [-0.2, 0) is 21.2 Å². The van der Waals surface area contributed by atoms with Crippen LogP contribution in [0, 0.1) is 0 Å². The third kappa shape index (κ3) is 5.59. The van der Waals surface area contributed by atoms with E-state index in [1.807, 2.05) is 36.1 Å². The number of rotatable bonds is 6. The Hall–Kier alpha value is -1.31. The molecule has 1 heterocycles. The van der Waals surface area contributed by atoms with Gasteiger partial charge < -0.3 is 15.0 Å². The van der Waals surface area contributed by atoms with Gasteiger partial charge in [-0.25, -0.2) is 8.42 Å². The van der Waals surface area contributed by atoms with Gasteiger partial charge in [0.05, 0.1) is 30.3 Å². The number of nitrogens with zero attached hydrogens (tertiary/aromatic N) is 2. The molecule has 1 aliphatic rings. The van der Waals surface area contributed by atoms with Crippen LogP contribution in [0.3, 0.4) is 0 Å². The molecule has 146 valence electrons. The van der Waals surface area contributed by atoms with Crippen LogP contribution in [0.1, 0.15) is 26.3 Å². The molecule has 0 aromatic heterocycles. The molecule has 26 heavy (non-hydrogen) atoms. The van der Waals surface area contributed by atoms with Crippen LogP contribution in [0.25, 0.3) is 0 Å². The number of nitrogens with one attached hydrogen (secondary N) is 1. The molecule has 1 fully saturated rings. The van der Waals surface area contributed by atoms with E-state index in [2.05, 4.69) is 10.3 Å². The van der Waals surface area contributed by atoms with Crippen LogP contribution in [0.5, 0.6) is 0 Å². The second-order valence-electron chi connectivity index (χ2n) is 6.92. The van der Waals surface area contributed by atoms with Gasteiger partial charge in [0.15, 0.2) is 15.8 Å². The maximum absolute atomic E-state index is 12.2. The lowest BCUT2D eigenvalue weighted by atomic mass is 10.2. The Morgan fingerprint density at radius 2 is 2.19 bits per heavy atom. The van der Waals surface area contributed by atoms with Gasteiger partial charge in [0, 0.05) is 24.7 Å². The number of ether oxygens (including phenoxy) is 1. The number of guanidine groups is 1. The molecule has 0 unspecified atom stereocenters. The minimum absolute atomic E-state index is 0.148. The molecule has 0 spiro atoms. The highest BCUT2D eigenvalue weighted by molar-refractivity contribution is 7.92. The van der Waals surface area contributed by atoms with Crippen LogP contribution >= 0.6 is 11.6 Å². The van der Waals surface area contributed by atoms with E-state index >= 15 is 0 Å². The van der Waals surface area contributed by atoms with Crippen molar-refractivity contribution in [2.24, 2.45) is 4.99 Å². The second kappa shape index (κ2) is 9.06. The molecule has 2 rings (SSSR count). The first-order chi connectivity index (χ1) is 12.2. The lowest BCUT2D eigenvalue weighted by molar-refractivity contribution is 0.128. The Labute approximate surface area is 161 Å². The van der Waals surface area contributed by atoms with Crippen molar-refractivity contribution in [1.82, 2.24) is 10.2 Å². The molecule has 0 amide bonds. The van der Waals surface area contributed by atoms with Crippen molar-refractivity contribution in [2.45, 2.75) is 32.1 Å². The normalized spacial score (nSPS) is 19.4. The third-order valence-corrected chi connectivity index (χ3v) is 7.10. The SMILES string of the molecule is CCNC(=NCCOCc1cccc(Cl)c1)N1CCS(=O)(=O)C(C)(C)C1. The van der Waals surface area contributed by atoms with Crippen molar-refractivity contribution in [2.75, 3.05) is 38.5 Å². The molecule has 0 bridgehead atoms. The number of aliphatic imine (C=N–C) groups is 1. The minimum atomic E-state index is -3.07. The van der Waals surface area contributed by atoms with Crippen molar-refractivity contribution in [3.8, 4) is 0 Å². The number of hydrogen-bond acceptors (Lipinski definition) is 4. The van der Waals surface area contributed by atoms with Gasteiger partial charge in [-0.3, -0.25) is 4.99 Å². The average molecular weight is 402 g/mol. The Kier molecular flexibility index (Phi) is 7.32. The molecular formula is C18H28ClN3O3S. The van der Waals surface area contributed by atoms with Crippen molar-refractivity contribution in [3.63, 3.8) is 0 Å². The van der Waals surface area contributed by atoms with E-state index in [0.717, 1.165) is 18.1 Å². The van der Waals surface area contributed by atoms with Crippen LogP contribution in [0.15, 0.2) is 29.3 Å². The molecule has 1 aromatic rings. The zero-order valence-corrected chi connectivity index (χ0v) is 17.2. The predicted molar refractivity (Wildman–Crippen MR) is 107 cm³/mol. The molecule has 1 N–H and O–H groups in total. The summed E-state index contributed by atoms with van der Waals surface area (Å²) in [6, 6.07) is 7.58. The first-order valence-corrected chi connectivity index (χ1v) is 10.9. The lowest BCUT2D eigenvalue weighted by Gasteiger charge is -2.39. The molecule has 0 radical (unpaired) electrons. The highest BCUT2D eigenvalue weighted by atomic mass is 35.5. The fraction of sp³-hybridized carbons (Fsp3) is 0.611. The largest absolute Gasteiger partial charge is 0.375 e. The smallest absolute Gasteiger partial charge is 0.194 e. The summed E-state index contributed by atoms with van der Waals surface area (Å²) in [5.41, 5.74) is 1.02. The summed E-state index contributed by atoms with van der Waals surface area (Å²) in [5, 5.41) is 3.94. The van der Waals surface area contributed by atoms with Gasteiger partial charge in [0.2, 0.25) is 0 Å². The van der Waals surface area contributed by atoms with Gasteiger partial charge in [-0.05, 0) is 38.5 Å². The minimum Gasteiger partial charge on any atom is -0.375 e. The fourth-order valence-corrected chi connectivity index (χ4v) is 4.36. The summed E-state index contributed by atoms with van der Waals surface area (Å²) in [6.45, 7) is 8.64. The molecule has 8 heteroatoms. The highest BCUT2D eigenvalue weighted by Crippen LogP contribution is 2.23. The van der Waals surface area contributed by atoms with E-state index in [4.69, 9.17) is 16.3 Å². The fourth-order valence-electron chi connectivity index (χ4n) is 2.78. The van der Waals surface area contributed by atoms with Gasteiger partial charge in [0.1, 0.15) is 0 Å². The summed E-state index contributed by atoms with van der Waals surface area (Å²) in [5.74, 6) is 0.886. The van der Waals surface area contributed by atoms with Crippen LogP contribution in [-0.4, -0.2) is 62.6 Å². The monoisotopic (exact) mass is 401 g/mol. The number of benzene rings is 1. The quantitative estimate of drug-likeness (QED) is 0.450. The van der Waals surface area contributed by atoms with Crippen molar-refractivity contribution >= 4 is 27.4 Å². The maximum atomic E-state index is 12.2. The van der Waals surface area contributed by atoms with Crippen molar-refractivity contribution in [1.29, 1.82) is 0 Å². The molecule has 1 aliphatic heterocycles. The first kappa shape index (κ1) is 21.0. The topological polar surface area (TPSA) is 71.0 Å². The zero-order valence-electron chi connectivity index (χ0n) is 15.7. The van der Waals surface area contributed by atoms with Crippen LogP contribution in [0.2, 0.25) is 5.02 Å². The van der Waals surface area contributed by atoms with Gasteiger partial charge in [0.25, 0.3) is 0 Å². The maximum Gasteiger partial charge on any atom is 0.194 e. The van der Waals surface area contributed by atoms with Crippen molar-refractivity contribution < 1.29 is 13.2 Å². The Morgan fingerprint density at radius 3 is 2.85 bits per heavy atom. The summed E-state index contributed by atoms with van der Waals surface area (Å²) in [6.07, 6.45) is 0. The average Bonchev–Trinajstić information content (AvgIpc) is 2.56. The predicted octanol–water partition coefficient (Wildman–Crippen LogP) is 2.33. The Balaban J connectivity index is 1.88. The first-order valence-electron chi connectivity index (χ1n) is 8.83. The third-order valence-electron chi connectivity index (χ3n) is 4.33. The summed E-state index contributed by atoms with van der Waals surface area (Å²) < 4.78 is 29.2. The highest BCUT2D eigenvalue weighted by Gasteiger charge is 2.40. The lowest BCUT2D eigenvalue weighted by Crippen LogP contribution is -2.57. The van der Waals surface area contributed by atoms with E-state index in [1.165, 1.54) is 0 Å². The summed E-state index contributed by atoms with van der Waals surface area (Å²) in [4.78, 5) is 6.60. The van der Waals surface area contributed by atoms with Gasteiger partial charge in [-0.15, -0.1) is 0 Å². The van der Waals surface area contributed by atoms with E-state index in [1.54, 1.807) is 13.8 Å². The molecule has 1 saturated heterocycles. The van der Waals surface area contributed by atoms with Crippen LogP contribution < -0.4 is 5.32 Å². The van der Waals surface area contributed by atoms with E-state index in [0.29, 0.717) is 37.9 Å². The molecule has 6 nitrogen and oxygen atoms in total. The Morgan fingerprint density at radius 1 is 1.42 bits per heavy atom. The zero-order chi connectivity index (χ0) is 19.2. The number of hydrogen-bond donors (Lipinski definition) is 1. The summed E-state index contributed by atoms with van der Waals surface area (Å²) >= 11 is 5.96. The molecule has 0 aliphatic carbocycles.